The molecule has 0 fully saturated rings. The summed E-state index contributed by atoms with van der Waals surface area (Å²) in [6, 6.07) is 0. The second kappa shape index (κ2) is 11.9. The van der Waals surface area contributed by atoms with Gasteiger partial charge in [0.25, 0.3) is 0 Å². The molecule has 0 atom stereocenters. The van der Waals surface area contributed by atoms with E-state index in [9.17, 15) is 0 Å². The molecule has 0 aromatic heterocycles. The molecule has 0 spiro atoms. The highest BCUT2D eigenvalue weighted by Crippen LogP contribution is 2.47. The molecule has 0 N–H and O–H groups in total. The van der Waals surface area contributed by atoms with Crippen LogP contribution in [0.15, 0.2) is 0 Å². The number of unbranched alkanes of at least 4 members (excludes halogenated alkanes) is 2. The first-order chi connectivity index (χ1) is 7.79. The van der Waals surface area contributed by atoms with Gasteiger partial charge >= 0.3 is 0 Å². The van der Waals surface area contributed by atoms with Crippen molar-refractivity contribution in [3.05, 3.63) is 0 Å². The third-order valence-corrected chi connectivity index (χ3v) is 6.69. The molecular weight excluding hydrogens is 211 g/mol. The zero-order valence-corrected chi connectivity index (χ0v) is 13.0. The minimum atomic E-state index is 0.352. The van der Waals surface area contributed by atoms with Gasteiger partial charge in [0.05, 0.1) is 0 Å². The van der Waals surface area contributed by atoms with Crippen molar-refractivity contribution in [3.8, 4) is 0 Å². The fraction of sp³-hybridized carbons (Fsp3) is 1.00. The van der Waals surface area contributed by atoms with Gasteiger partial charge in [-0.25, -0.2) is 0 Å². The van der Waals surface area contributed by atoms with E-state index in [2.05, 4.69) is 27.7 Å². The van der Waals surface area contributed by atoms with Crippen LogP contribution in [0.2, 0.25) is 0 Å². The summed E-state index contributed by atoms with van der Waals surface area (Å²) in [7, 11) is 0.352. The summed E-state index contributed by atoms with van der Waals surface area (Å²) < 4.78 is 0. The fourth-order valence-corrected chi connectivity index (χ4v) is 6.02. The molecule has 0 heterocycles. The van der Waals surface area contributed by atoms with Crippen LogP contribution in [0.1, 0.15) is 79.1 Å². The molecule has 16 heavy (non-hydrogen) atoms. The van der Waals surface area contributed by atoms with E-state index in [1.807, 2.05) is 0 Å². The van der Waals surface area contributed by atoms with E-state index in [4.69, 9.17) is 0 Å². The van der Waals surface area contributed by atoms with Crippen LogP contribution >= 0.6 is 7.92 Å². The van der Waals surface area contributed by atoms with Crippen LogP contribution in [0.3, 0.4) is 0 Å². The molecule has 0 rings (SSSR count). The van der Waals surface area contributed by atoms with Crippen molar-refractivity contribution in [3.63, 3.8) is 0 Å². The first kappa shape index (κ1) is 16.4. The van der Waals surface area contributed by atoms with E-state index in [1.165, 1.54) is 51.4 Å². The summed E-state index contributed by atoms with van der Waals surface area (Å²) in [5.41, 5.74) is 1.09. The second-order valence-corrected chi connectivity index (χ2v) is 7.78. The Bertz CT molecular complexity index is 119. The molecule has 0 aliphatic rings. The van der Waals surface area contributed by atoms with Crippen LogP contribution in [-0.4, -0.2) is 18.0 Å². The van der Waals surface area contributed by atoms with Crippen LogP contribution in [0.25, 0.3) is 0 Å². The Morgan fingerprint density at radius 3 is 1.44 bits per heavy atom. The lowest BCUT2D eigenvalue weighted by molar-refractivity contribution is 0.658. The average molecular weight is 244 g/mol. The maximum atomic E-state index is 2.36. The Kier molecular flexibility index (Phi) is 12.2. The fourth-order valence-electron chi connectivity index (χ4n) is 2.38. The van der Waals surface area contributed by atoms with Gasteiger partial charge in [0, 0.05) is 0 Å². The molecule has 0 aliphatic carbocycles. The molecule has 0 radical (unpaired) electrons. The zero-order valence-electron chi connectivity index (χ0n) is 12.1. The first-order valence-electron chi connectivity index (χ1n) is 7.54. The first-order valence-corrected chi connectivity index (χ1v) is 9.32. The Morgan fingerprint density at radius 2 is 1.12 bits per heavy atom. The van der Waals surface area contributed by atoms with Crippen molar-refractivity contribution in [1.29, 1.82) is 0 Å². The molecule has 0 nitrogen and oxygen atoms in total. The van der Waals surface area contributed by atoms with Gasteiger partial charge in [-0.15, -0.1) is 7.92 Å². The van der Waals surface area contributed by atoms with Crippen LogP contribution < -0.4 is 0 Å². The Labute approximate surface area is 105 Å². The summed E-state index contributed by atoms with van der Waals surface area (Å²) in [4.78, 5) is 0. The molecule has 0 saturated heterocycles. The van der Waals surface area contributed by atoms with Crippen molar-refractivity contribution >= 4 is 7.92 Å². The molecule has 0 amide bonds. The van der Waals surface area contributed by atoms with Gasteiger partial charge in [-0.05, 0) is 43.7 Å². The van der Waals surface area contributed by atoms with E-state index in [0.29, 0.717) is 7.92 Å². The summed E-state index contributed by atoms with van der Waals surface area (Å²) in [5.74, 6) is 0. The monoisotopic (exact) mass is 244 g/mol. The Balaban J connectivity index is 4.15. The smallest absolute Gasteiger partial charge is 0.0209 e. The molecule has 0 bridgehead atoms. The topological polar surface area (TPSA) is 0 Å². The highest BCUT2D eigenvalue weighted by atomic mass is 31.1. The second-order valence-electron chi connectivity index (χ2n) is 4.97. The molecule has 98 valence electrons. The minimum absolute atomic E-state index is 0.352. The number of rotatable bonds is 11. The lowest BCUT2D eigenvalue weighted by atomic mass is 10.2. The molecule has 1 heteroatoms. The summed E-state index contributed by atoms with van der Waals surface area (Å²) in [5, 5.41) is 0. The molecule has 0 aromatic rings. The van der Waals surface area contributed by atoms with Crippen molar-refractivity contribution in [1.82, 2.24) is 0 Å². The van der Waals surface area contributed by atoms with Gasteiger partial charge in [0.2, 0.25) is 0 Å². The van der Waals surface area contributed by atoms with Gasteiger partial charge in [-0.1, -0.05) is 53.4 Å². The molecular formula is C15H33P. The predicted octanol–water partition coefficient (Wildman–Crippen LogP) is 6.04. The molecule has 0 unspecified atom stereocenters. The third kappa shape index (κ3) is 7.66. The molecule has 0 aromatic carbocycles. The minimum Gasteiger partial charge on any atom is -0.104 e. The van der Waals surface area contributed by atoms with Gasteiger partial charge in [-0.2, -0.15) is 0 Å². The average Bonchev–Trinajstić information content (AvgIpc) is 2.29. The van der Waals surface area contributed by atoms with Crippen LogP contribution in [0.5, 0.6) is 0 Å². The maximum Gasteiger partial charge on any atom is -0.0209 e. The van der Waals surface area contributed by atoms with Gasteiger partial charge < -0.3 is 0 Å². The maximum absolute atomic E-state index is 2.36. The van der Waals surface area contributed by atoms with Gasteiger partial charge in [-0.3, -0.25) is 0 Å². The highest BCUT2D eigenvalue weighted by molar-refractivity contribution is 7.58. The van der Waals surface area contributed by atoms with E-state index in [-0.39, 0.29) is 0 Å². The summed E-state index contributed by atoms with van der Waals surface area (Å²) >= 11 is 0. The van der Waals surface area contributed by atoms with E-state index in [1.54, 1.807) is 12.3 Å². The molecule has 0 saturated carbocycles. The Hall–Kier alpha value is 0.430. The van der Waals surface area contributed by atoms with E-state index in [0.717, 1.165) is 5.66 Å². The normalized spacial score (nSPS) is 11.6. The van der Waals surface area contributed by atoms with Gasteiger partial charge in [0.1, 0.15) is 0 Å². The van der Waals surface area contributed by atoms with Crippen LogP contribution in [-0.2, 0) is 0 Å². The summed E-state index contributed by atoms with van der Waals surface area (Å²) in [6.45, 7) is 9.38. The van der Waals surface area contributed by atoms with E-state index >= 15 is 0 Å². The standard InChI is InChI=1S/C15H33P/c1-5-9-13-16(14-10-6-2)15(11-7-3)12-8-4/h15H,5-14H2,1-4H3. The SMILES string of the molecule is CCCCP(CCCC)C(CCC)CCC. The zero-order chi connectivity index (χ0) is 12.2. The van der Waals surface area contributed by atoms with Crippen LogP contribution in [0.4, 0.5) is 0 Å². The van der Waals surface area contributed by atoms with Crippen molar-refractivity contribution in [2.45, 2.75) is 84.7 Å². The lowest BCUT2D eigenvalue weighted by Crippen LogP contribution is -2.10. The van der Waals surface area contributed by atoms with Gasteiger partial charge in [0.15, 0.2) is 0 Å². The predicted molar refractivity (Wildman–Crippen MR) is 80.1 cm³/mol. The highest BCUT2D eigenvalue weighted by Gasteiger charge is 2.18. The Morgan fingerprint density at radius 1 is 0.688 bits per heavy atom. The van der Waals surface area contributed by atoms with Crippen molar-refractivity contribution < 1.29 is 0 Å². The van der Waals surface area contributed by atoms with Crippen molar-refractivity contribution in [2.24, 2.45) is 0 Å². The molecule has 0 aliphatic heterocycles. The largest absolute Gasteiger partial charge is 0.104 e. The number of hydrogen-bond donors (Lipinski definition) is 0. The quantitative estimate of drug-likeness (QED) is 0.389. The van der Waals surface area contributed by atoms with Crippen LogP contribution in [0, 0.1) is 0 Å². The van der Waals surface area contributed by atoms with Crippen molar-refractivity contribution in [2.75, 3.05) is 12.3 Å². The van der Waals surface area contributed by atoms with E-state index < -0.39 is 0 Å². The third-order valence-electron chi connectivity index (χ3n) is 3.36. The lowest BCUT2D eigenvalue weighted by Gasteiger charge is -2.27. The summed E-state index contributed by atoms with van der Waals surface area (Å²) in [6.07, 6.45) is 14.6. The number of hydrogen-bond acceptors (Lipinski definition) is 0.